The highest BCUT2D eigenvalue weighted by Gasteiger charge is 2.15. The molecule has 0 spiro atoms. The number of hydrogen-bond acceptors (Lipinski definition) is 2. The molecule has 0 aliphatic rings. The fourth-order valence-corrected chi connectivity index (χ4v) is 2.32. The van der Waals surface area contributed by atoms with Crippen molar-refractivity contribution in [3.63, 3.8) is 0 Å². The van der Waals surface area contributed by atoms with Crippen LogP contribution in [0.1, 0.15) is 38.3 Å². The third-order valence-corrected chi connectivity index (χ3v) is 4.75. The third kappa shape index (κ3) is 3.41. The molecule has 0 unspecified atom stereocenters. The lowest BCUT2D eigenvalue weighted by Crippen LogP contribution is -2.33. The molecule has 90 valence electrons. The van der Waals surface area contributed by atoms with Gasteiger partial charge < -0.3 is 0 Å². The Bertz CT molecular complexity index is 374. The molecule has 1 nitrogen and oxygen atoms in total. The van der Waals surface area contributed by atoms with E-state index in [2.05, 4.69) is 44.5 Å². The Morgan fingerprint density at radius 3 is 2.50 bits per heavy atom. The van der Waals surface area contributed by atoms with Gasteiger partial charge in [-0.3, -0.25) is 4.72 Å². The molecule has 0 atom stereocenters. The van der Waals surface area contributed by atoms with Crippen molar-refractivity contribution in [2.24, 2.45) is 0 Å². The molecule has 1 N–H and O–H groups in total. The van der Waals surface area contributed by atoms with Crippen molar-refractivity contribution in [1.82, 2.24) is 4.72 Å². The Morgan fingerprint density at radius 1 is 1.31 bits per heavy atom. The molecule has 0 fully saturated rings. The van der Waals surface area contributed by atoms with Crippen LogP contribution in [-0.4, -0.2) is 5.54 Å². The van der Waals surface area contributed by atoms with Crippen molar-refractivity contribution in [1.29, 1.82) is 0 Å². The lowest BCUT2D eigenvalue weighted by Gasteiger charge is -2.24. The summed E-state index contributed by atoms with van der Waals surface area (Å²) in [4.78, 5) is 1.21. The lowest BCUT2D eigenvalue weighted by molar-refractivity contribution is 0.464. The first kappa shape index (κ1) is 13.9. The highest BCUT2D eigenvalue weighted by atomic mass is 35.5. The van der Waals surface area contributed by atoms with Gasteiger partial charge in [0.2, 0.25) is 0 Å². The number of nitrogens with one attached hydrogen (secondary N) is 1. The van der Waals surface area contributed by atoms with Gasteiger partial charge >= 0.3 is 0 Å². The molecule has 0 aliphatic heterocycles. The summed E-state index contributed by atoms with van der Waals surface area (Å²) >= 11 is 7.89. The van der Waals surface area contributed by atoms with Crippen molar-refractivity contribution >= 4 is 23.5 Å². The minimum Gasteiger partial charge on any atom is -0.254 e. The van der Waals surface area contributed by atoms with Gasteiger partial charge in [0.05, 0.1) is 0 Å². The highest BCUT2D eigenvalue weighted by molar-refractivity contribution is 7.97. The average Bonchev–Trinajstić information content (AvgIpc) is 2.25. The van der Waals surface area contributed by atoms with Gasteiger partial charge in [0.1, 0.15) is 0 Å². The van der Waals surface area contributed by atoms with Gasteiger partial charge in [0, 0.05) is 15.5 Å². The Kier molecular flexibility index (Phi) is 4.72. The SMILES string of the molecule is CCC(C)(C)NSc1ccc(C)c(Cl)c1C. The molecule has 0 bridgehead atoms. The molecule has 0 saturated carbocycles. The van der Waals surface area contributed by atoms with E-state index in [4.69, 9.17) is 11.6 Å². The topological polar surface area (TPSA) is 12.0 Å². The maximum atomic E-state index is 6.23. The summed E-state index contributed by atoms with van der Waals surface area (Å²) in [5, 5.41) is 0.876. The fourth-order valence-electron chi connectivity index (χ4n) is 1.18. The van der Waals surface area contributed by atoms with Crippen LogP contribution in [0.25, 0.3) is 0 Å². The van der Waals surface area contributed by atoms with Crippen molar-refractivity contribution < 1.29 is 0 Å². The number of hydrogen-bond donors (Lipinski definition) is 1. The molecule has 3 heteroatoms. The molecule has 0 saturated heterocycles. The molecule has 0 aromatic heterocycles. The second kappa shape index (κ2) is 5.44. The van der Waals surface area contributed by atoms with Crippen molar-refractivity contribution in [3.8, 4) is 0 Å². The first-order chi connectivity index (χ1) is 7.37. The van der Waals surface area contributed by atoms with Gasteiger partial charge in [-0.15, -0.1) is 0 Å². The lowest BCUT2D eigenvalue weighted by atomic mass is 10.0. The van der Waals surface area contributed by atoms with Crippen LogP contribution in [-0.2, 0) is 0 Å². The summed E-state index contributed by atoms with van der Waals surface area (Å²) < 4.78 is 3.47. The largest absolute Gasteiger partial charge is 0.254 e. The molecule has 1 rings (SSSR count). The highest BCUT2D eigenvalue weighted by Crippen LogP contribution is 2.30. The summed E-state index contributed by atoms with van der Waals surface area (Å²) in [6, 6.07) is 4.19. The number of aryl methyl sites for hydroxylation is 1. The maximum Gasteiger partial charge on any atom is 0.0475 e. The van der Waals surface area contributed by atoms with Crippen LogP contribution in [0.4, 0.5) is 0 Å². The Labute approximate surface area is 108 Å². The van der Waals surface area contributed by atoms with Gasteiger partial charge in [0.15, 0.2) is 0 Å². The zero-order valence-electron chi connectivity index (χ0n) is 10.6. The van der Waals surface area contributed by atoms with Gasteiger partial charge in [0.25, 0.3) is 0 Å². The Morgan fingerprint density at radius 2 is 1.94 bits per heavy atom. The third-order valence-electron chi connectivity index (χ3n) is 2.85. The van der Waals surface area contributed by atoms with E-state index in [1.807, 2.05) is 6.92 Å². The molecule has 0 amide bonds. The van der Waals surface area contributed by atoms with E-state index in [-0.39, 0.29) is 5.54 Å². The van der Waals surface area contributed by atoms with Crippen molar-refractivity contribution in [3.05, 3.63) is 28.3 Å². The van der Waals surface area contributed by atoms with Crippen molar-refractivity contribution in [2.75, 3.05) is 0 Å². The smallest absolute Gasteiger partial charge is 0.0475 e. The monoisotopic (exact) mass is 257 g/mol. The number of halogens is 1. The second-order valence-electron chi connectivity index (χ2n) is 4.76. The molecule has 1 aromatic rings. The van der Waals surface area contributed by atoms with Crippen LogP contribution in [0.15, 0.2) is 17.0 Å². The van der Waals surface area contributed by atoms with E-state index in [0.717, 1.165) is 22.6 Å². The van der Waals surface area contributed by atoms with Crippen LogP contribution >= 0.6 is 23.5 Å². The normalized spacial score (nSPS) is 11.9. The average molecular weight is 258 g/mol. The maximum absolute atomic E-state index is 6.23. The van der Waals surface area contributed by atoms with Crippen molar-refractivity contribution in [2.45, 2.75) is 51.5 Å². The number of benzene rings is 1. The first-order valence-corrected chi connectivity index (χ1v) is 6.76. The van der Waals surface area contributed by atoms with Gasteiger partial charge in [-0.05, 0) is 63.3 Å². The van der Waals surface area contributed by atoms with Gasteiger partial charge in [-0.1, -0.05) is 24.6 Å². The summed E-state index contributed by atoms with van der Waals surface area (Å²) in [6.45, 7) is 10.7. The summed E-state index contributed by atoms with van der Waals surface area (Å²) in [5.74, 6) is 0. The Hall–Kier alpha value is -0.180. The second-order valence-corrected chi connectivity index (χ2v) is 5.99. The summed E-state index contributed by atoms with van der Waals surface area (Å²) in [5.41, 5.74) is 2.44. The summed E-state index contributed by atoms with van der Waals surface area (Å²) in [6.07, 6.45) is 1.10. The zero-order valence-corrected chi connectivity index (χ0v) is 12.2. The Balaban J connectivity index is 2.80. The molecular weight excluding hydrogens is 238 g/mol. The van der Waals surface area contributed by atoms with E-state index >= 15 is 0 Å². The molecule has 0 radical (unpaired) electrons. The predicted octanol–water partition coefficient (Wildman–Crippen LogP) is 4.74. The van der Waals surface area contributed by atoms with Crippen LogP contribution in [0.5, 0.6) is 0 Å². The predicted molar refractivity (Wildman–Crippen MR) is 74.3 cm³/mol. The molecular formula is C13H20ClNS. The van der Waals surface area contributed by atoms with Gasteiger partial charge in [-0.2, -0.15) is 0 Å². The molecule has 0 aliphatic carbocycles. The van der Waals surface area contributed by atoms with Crippen LogP contribution in [0.3, 0.4) is 0 Å². The fraction of sp³-hybridized carbons (Fsp3) is 0.538. The standard InChI is InChI=1S/C13H20ClNS/c1-6-13(4,5)15-16-11-8-7-9(2)12(14)10(11)3/h7-8,15H,6H2,1-5H3. The zero-order chi connectivity index (χ0) is 12.3. The summed E-state index contributed by atoms with van der Waals surface area (Å²) in [7, 11) is 0. The van der Waals surface area contributed by atoms with Crippen LogP contribution in [0, 0.1) is 13.8 Å². The van der Waals surface area contributed by atoms with E-state index in [0.29, 0.717) is 0 Å². The minimum absolute atomic E-state index is 0.147. The van der Waals surface area contributed by atoms with Gasteiger partial charge in [-0.25, -0.2) is 0 Å². The quantitative estimate of drug-likeness (QED) is 0.782. The first-order valence-electron chi connectivity index (χ1n) is 5.57. The minimum atomic E-state index is 0.147. The van der Waals surface area contributed by atoms with E-state index in [1.165, 1.54) is 4.90 Å². The molecule has 0 heterocycles. The van der Waals surface area contributed by atoms with Crippen LogP contribution < -0.4 is 4.72 Å². The van der Waals surface area contributed by atoms with E-state index in [9.17, 15) is 0 Å². The van der Waals surface area contributed by atoms with E-state index in [1.54, 1.807) is 11.9 Å². The molecule has 16 heavy (non-hydrogen) atoms. The van der Waals surface area contributed by atoms with Crippen LogP contribution in [0.2, 0.25) is 5.02 Å². The van der Waals surface area contributed by atoms with E-state index < -0.39 is 0 Å². The molecule has 1 aromatic carbocycles. The number of rotatable bonds is 4.